The summed E-state index contributed by atoms with van der Waals surface area (Å²) in [5.41, 5.74) is 3.03. The van der Waals surface area contributed by atoms with Gasteiger partial charge < -0.3 is 9.73 Å². The molecule has 1 heterocycles. The third kappa shape index (κ3) is 4.86. The van der Waals surface area contributed by atoms with E-state index in [1.807, 2.05) is 43.3 Å². The first-order valence-corrected chi connectivity index (χ1v) is 9.36. The first-order chi connectivity index (χ1) is 12.5. The van der Waals surface area contributed by atoms with Crippen LogP contribution in [-0.4, -0.2) is 21.4 Å². The molecule has 1 amide bonds. The Kier molecular flexibility index (Phi) is 5.96. The van der Waals surface area contributed by atoms with Gasteiger partial charge in [-0.1, -0.05) is 53.2 Å². The van der Waals surface area contributed by atoms with Crippen molar-refractivity contribution in [2.45, 2.75) is 30.9 Å². The molecule has 1 unspecified atom stereocenters. The van der Waals surface area contributed by atoms with Crippen LogP contribution in [0.1, 0.15) is 18.1 Å². The molecule has 2 aromatic carbocycles. The average Bonchev–Trinajstić information content (AvgIpc) is 3.10. The maximum Gasteiger partial charge on any atom is 0.277 e. The molecule has 0 aliphatic carbocycles. The highest BCUT2D eigenvalue weighted by Crippen LogP contribution is 2.26. The summed E-state index contributed by atoms with van der Waals surface area (Å²) in [4.78, 5) is 12.3. The molecule has 7 heteroatoms. The van der Waals surface area contributed by atoms with Gasteiger partial charge in [0, 0.05) is 17.1 Å². The number of benzene rings is 2. The quantitative estimate of drug-likeness (QED) is 0.631. The van der Waals surface area contributed by atoms with Gasteiger partial charge in [0.15, 0.2) is 0 Å². The van der Waals surface area contributed by atoms with Crippen LogP contribution in [0.4, 0.5) is 0 Å². The Labute approximate surface area is 161 Å². The molecule has 3 aromatic rings. The number of aryl methyl sites for hydroxylation is 1. The molecule has 0 saturated heterocycles. The molecule has 0 radical (unpaired) electrons. The number of hydrogen-bond acceptors (Lipinski definition) is 5. The zero-order valence-corrected chi connectivity index (χ0v) is 16.0. The third-order valence-electron chi connectivity index (χ3n) is 3.73. The Morgan fingerprint density at radius 2 is 1.85 bits per heavy atom. The number of rotatable bonds is 6. The number of nitrogens with one attached hydrogen (secondary N) is 1. The Balaban J connectivity index is 1.55. The molecule has 26 heavy (non-hydrogen) atoms. The van der Waals surface area contributed by atoms with Crippen molar-refractivity contribution in [3.05, 3.63) is 64.7 Å². The fraction of sp³-hybridized carbons (Fsp3) is 0.211. The van der Waals surface area contributed by atoms with Gasteiger partial charge in [0.2, 0.25) is 11.8 Å². The molecule has 1 N–H and O–H groups in total. The van der Waals surface area contributed by atoms with Crippen molar-refractivity contribution in [3.63, 3.8) is 0 Å². The number of amides is 1. The van der Waals surface area contributed by atoms with Crippen LogP contribution >= 0.6 is 23.4 Å². The fourth-order valence-electron chi connectivity index (χ4n) is 2.21. The minimum Gasteiger partial charge on any atom is -0.411 e. The van der Waals surface area contributed by atoms with Crippen LogP contribution in [0, 0.1) is 6.92 Å². The molecule has 0 aliphatic rings. The highest BCUT2D eigenvalue weighted by atomic mass is 35.5. The molecule has 1 atom stereocenters. The summed E-state index contributed by atoms with van der Waals surface area (Å²) in [5, 5.41) is 11.6. The highest BCUT2D eigenvalue weighted by Gasteiger charge is 2.18. The van der Waals surface area contributed by atoms with Crippen LogP contribution in [0.25, 0.3) is 11.5 Å². The lowest BCUT2D eigenvalue weighted by Crippen LogP contribution is -2.30. The Morgan fingerprint density at radius 3 is 2.54 bits per heavy atom. The molecule has 0 bridgehead atoms. The lowest BCUT2D eigenvalue weighted by molar-refractivity contribution is -0.120. The normalized spacial score (nSPS) is 12.0. The van der Waals surface area contributed by atoms with Crippen molar-refractivity contribution >= 4 is 29.3 Å². The van der Waals surface area contributed by atoms with Crippen LogP contribution in [0.3, 0.4) is 0 Å². The largest absolute Gasteiger partial charge is 0.411 e. The van der Waals surface area contributed by atoms with Crippen LogP contribution < -0.4 is 5.32 Å². The molecule has 0 saturated carbocycles. The van der Waals surface area contributed by atoms with E-state index in [9.17, 15) is 4.79 Å². The van der Waals surface area contributed by atoms with E-state index in [-0.39, 0.29) is 11.2 Å². The predicted molar refractivity (Wildman–Crippen MR) is 103 cm³/mol. The monoisotopic (exact) mass is 387 g/mol. The minimum atomic E-state index is -0.348. The van der Waals surface area contributed by atoms with E-state index in [0.717, 1.165) is 11.1 Å². The number of nitrogens with zero attached hydrogens (tertiary/aromatic N) is 2. The first-order valence-electron chi connectivity index (χ1n) is 8.10. The zero-order chi connectivity index (χ0) is 18.5. The highest BCUT2D eigenvalue weighted by molar-refractivity contribution is 8.00. The zero-order valence-electron chi connectivity index (χ0n) is 14.4. The fourth-order valence-corrected chi connectivity index (χ4v) is 3.04. The predicted octanol–water partition coefficient (Wildman–Crippen LogP) is 4.50. The maximum atomic E-state index is 12.3. The van der Waals surface area contributed by atoms with Crippen molar-refractivity contribution < 1.29 is 9.21 Å². The average molecular weight is 388 g/mol. The van der Waals surface area contributed by atoms with E-state index in [0.29, 0.717) is 22.7 Å². The van der Waals surface area contributed by atoms with Crippen LogP contribution in [0.2, 0.25) is 5.02 Å². The first kappa shape index (κ1) is 18.5. The number of thioether (sulfide) groups is 1. The molecular formula is C19H18ClN3O2S. The van der Waals surface area contributed by atoms with Gasteiger partial charge in [0.1, 0.15) is 0 Å². The second-order valence-electron chi connectivity index (χ2n) is 5.84. The third-order valence-corrected chi connectivity index (χ3v) is 4.92. The lowest BCUT2D eigenvalue weighted by Gasteiger charge is -2.10. The smallest absolute Gasteiger partial charge is 0.277 e. The van der Waals surface area contributed by atoms with Gasteiger partial charge in [-0.15, -0.1) is 10.2 Å². The Morgan fingerprint density at radius 1 is 1.15 bits per heavy atom. The van der Waals surface area contributed by atoms with E-state index >= 15 is 0 Å². The molecular weight excluding hydrogens is 370 g/mol. The number of carbonyl (C=O) groups is 1. The number of hydrogen-bond donors (Lipinski definition) is 1. The van der Waals surface area contributed by atoms with E-state index in [1.165, 1.54) is 17.3 Å². The summed E-state index contributed by atoms with van der Waals surface area (Å²) in [5.74, 6) is 0.318. The summed E-state index contributed by atoms with van der Waals surface area (Å²) in [7, 11) is 0. The van der Waals surface area contributed by atoms with Crippen molar-refractivity contribution in [1.82, 2.24) is 15.5 Å². The van der Waals surface area contributed by atoms with E-state index in [4.69, 9.17) is 16.0 Å². The summed E-state index contributed by atoms with van der Waals surface area (Å²) >= 11 is 7.10. The van der Waals surface area contributed by atoms with Gasteiger partial charge in [-0.25, -0.2) is 0 Å². The van der Waals surface area contributed by atoms with E-state index in [2.05, 4.69) is 15.5 Å². The van der Waals surface area contributed by atoms with Gasteiger partial charge in [-0.3, -0.25) is 4.79 Å². The minimum absolute atomic E-state index is 0.0817. The van der Waals surface area contributed by atoms with E-state index < -0.39 is 0 Å². The molecule has 3 rings (SSSR count). The van der Waals surface area contributed by atoms with Crippen molar-refractivity contribution in [2.24, 2.45) is 0 Å². The van der Waals surface area contributed by atoms with Gasteiger partial charge in [-0.2, -0.15) is 0 Å². The van der Waals surface area contributed by atoms with Crippen molar-refractivity contribution in [3.8, 4) is 11.5 Å². The van der Waals surface area contributed by atoms with Gasteiger partial charge in [-0.05, 0) is 43.7 Å². The van der Waals surface area contributed by atoms with Crippen molar-refractivity contribution in [1.29, 1.82) is 0 Å². The van der Waals surface area contributed by atoms with Gasteiger partial charge in [0.05, 0.1) is 5.25 Å². The van der Waals surface area contributed by atoms with Crippen LogP contribution in [-0.2, 0) is 11.3 Å². The van der Waals surface area contributed by atoms with E-state index in [1.54, 1.807) is 19.1 Å². The Hall–Kier alpha value is -2.31. The second-order valence-corrected chi connectivity index (χ2v) is 7.57. The SMILES string of the molecule is Cc1ccc(CNC(=O)C(C)Sc2nnc(-c3ccc(Cl)cc3)o2)cc1. The standard InChI is InChI=1S/C19H18ClN3O2S/c1-12-3-5-14(6-4-12)11-21-17(24)13(2)26-19-23-22-18(25-19)15-7-9-16(20)10-8-15/h3-10,13H,11H2,1-2H3,(H,21,24). The van der Waals surface area contributed by atoms with Crippen LogP contribution in [0.5, 0.6) is 0 Å². The van der Waals surface area contributed by atoms with Crippen molar-refractivity contribution in [2.75, 3.05) is 0 Å². The number of aromatic nitrogens is 2. The molecule has 1 aromatic heterocycles. The van der Waals surface area contributed by atoms with Gasteiger partial charge in [0.25, 0.3) is 5.22 Å². The van der Waals surface area contributed by atoms with Crippen LogP contribution in [0.15, 0.2) is 58.2 Å². The molecule has 5 nitrogen and oxygen atoms in total. The Bertz CT molecular complexity index is 879. The lowest BCUT2D eigenvalue weighted by atomic mass is 10.1. The number of halogens is 1. The molecule has 0 fully saturated rings. The summed E-state index contributed by atoms with van der Waals surface area (Å²) in [6.07, 6.45) is 0. The van der Waals surface area contributed by atoms with Gasteiger partial charge >= 0.3 is 0 Å². The maximum absolute atomic E-state index is 12.3. The topological polar surface area (TPSA) is 68.0 Å². The summed E-state index contributed by atoms with van der Waals surface area (Å²) in [6, 6.07) is 15.2. The second kappa shape index (κ2) is 8.38. The summed E-state index contributed by atoms with van der Waals surface area (Å²) < 4.78 is 5.62. The molecule has 0 aliphatic heterocycles. The molecule has 0 spiro atoms. The molecule has 134 valence electrons. The summed E-state index contributed by atoms with van der Waals surface area (Å²) in [6.45, 7) is 4.33. The number of carbonyl (C=O) groups excluding carboxylic acids is 1.